The van der Waals surface area contributed by atoms with E-state index >= 15 is 0 Å². The van der Waals surface area contributed by atoms with Gasteiger partial charge in [-0.2, -0.15) is 5.26 Å². The van der Waals surface area contributed by atoms with Crippen LogP contribution in [0.3, 0.4) is 0 Å². The molecule has 1 heterocycles. The van der Waals surface area contributed by atoms with E-state index in [1.54, 1.807) is 12.3 Å². The lowest BCUT2D eigenvalue weighted by molar-refractivity contribution is 0.132. The average Bonchev–Trinajstić information content (AvgIpc) is 2.93. The van der Waals surface area contributed by atoms with E-state index in [-0.39, 0.29) is 6.61 Å². The summed E-state index contributed by atoms with van der Waals surface area (Å²) in [7, 11) is 0. The van der Waals surface area contributed by atoms with Crippen molar-refractivity contribution in [1.82, 2.24) is 4.57 Å². The quantitative estimate of drug-likeness (QED) is 0.426. The van der Waals surface area contributed by atoms with Gasteiger partial charge in [-0.25, -0.2) is 0 Å². The number of rotatable bonds is 5. The Hall–Kier alpha value is -2.84. The largest absolute Gasteiger partial charge is 0.391 e. The highest BCUT2D eigenvalue weighted by Gasteiger charge is 2.11. The van der Waals surface area contributed by atoms with E-state index in [1.807, 2.05) is 36.4 Å². The van der Waals surface area contributed by atoms with Gasteiger partial charge in [0.2, 0.25) is 0 Å². The molecule has 1 aromatic heterocycles. The molecule has 0 saturated carbocycles. The van der Waals surface area contributed by atoms with Gasteiger partial charge in [0, 0.05) is 27.0 Å². The zero-order chi connectivity index (χ0) is 18.5. The van der Waals surface area contributed by atoms with Crippen LogP contribution in [0.5, 0.6) is 0 Å². The molecule has 3 aromatic rings. The number of benzene rings is 2. The Kier molecular flexibility index (Phi) is 5.55. The number of aromatic nitrogens is 1. The Bertz CT molecular complexity index is 999. The second kappa shape index (κ2) is 8.03. The van der Waals surface area contributed by atoms with Crippen molar-refractivity contribution in [1.29, 1.82) is 5.26 Å². The van der Waals surface area contributed by atoms with Crippen molar-refractivity contribution in [3.63, 3.8) is 0 Å². The summed E-state index contributed by atoms with van der Waals surface area (Å²) >= 11 is 3.61. The fourth-order valence-corrected chi connectivity index (χ4v) is 3.34. The second-order valence-electron chi connectivity index (χ2n) is 5.89. The number of nitrogens with zero attached hydrogens (tertiary/aromatic N) is 3. The molecule has 0 atom stereocenters. The van der Waals surface area contributed by atoms with Crippen LogP contribution in [-0.2, 0) is 11.4 Å². The van der Waals surface area contributed by atoms with E-state index in [0.717, 1.165) is 32.7 Å². The summed E-state index contributed by atoms with van der Waals surface area (Å²) in [5.74, 6) is 0. The SMILES string of the molecule is Cc1cc(/C=N\OCc2ccccc2C#N)c(C)n1-c1ccccc1Br. The first-order valence-electron chi connectivity index (χ1n) is 8.19. The van der Waals surface area contributed by atoms with Crippen LogP contribution in [0.25, 0.3) is 5.69 Å². The van der Waals surface area contributed by atoms with Gasteiger partial charge in [0.05, 0.1) is 23.5 Å². The lowest BCUT2D eigenvalue weighted by atomic mass is 10.1. The van der Waals surface area contributed by atoms with Crippen LogP contribution in [0.4, 0.5) is 0 Å². The minimum Gasteiger partial charge on any atom is -0.391 e. The van der Waals surface area contributed by atoms with Gasteiger partial charge in [-0.05, 0) is 54.0 Å². The summed E-state index contributed by atoms with van der Waals surface area (Å²) in [4.78, 5) is 5.40. The molecule has 0 unspecified atom stereocenters. The molecule has 3 rings (SSSR count). The second-order valence-corrected chi connectivity index (χ2v) is 6.74. The monoisotopic (exact) mass is 407 g/mol. The van der Waals surface area contributed by atoms with Crippen molar-refractivity contribution in [3.8, 4) is 11.8 Å². The van der Waals surface area contributed by atoms with Crippen LogP contribution < -0.4 is 0 Å². The molecule has 0 aliphatic heterocycles. The Morgan fingerprint density at radius 1 is 1.15 bits per heavy atom. The maximum absolute atomic E-state index is 9.10. The average molecular weight is 408 g/mol. The van der Waals surface area contributed by atoms with Gasteiger partial charge in [-0.3, -0.25) is 0 Å². The standard InChI is InChI=1S/C21H18BrN3O/c1-15-11-19(16(2)25(15)21-10-6-5-9-20(21)22)13-24-26-14-18-8-4-3-7-17(18)12-23/h3-11,13H,14H2,1-2H3/b24-13-. The molecule has 4 nitrogen and oxygen atoms in total. The van der Waals surface area contributed by atoms with E-state index in [2.05, 4.69) is 57.7 Å². The fourth-order valence-electron chi connectivity index (χ4n) is 2.88. The number of nitriles is 1. The first kappa shape index (κ1) is 18.0. The van der Waals surface area contributed by atoms with Gasteiger partial charge in [0.25, 0.3) is 0 Å². The third-order valence-corrected chi connectivity index (χ3v) is 4.86. The highest BCUT2D eigenvalue weighted by molar-refractivity contribution is 9.10. The zero-order valence-electron chi connectivity index (χ0n) is 14.6. The molecule has 0 radical (unpaired) electrons. The van der Waals surface area contributed by atoms with Crippen LogP contribution in [0.2, 0.25) is 0 Å². The Morgan fingerprint density at radius 3 is 2.65 bits per heavy atom. The Morgan fingerprint density at radius 2 is 1.88 bits per heavy atom. The smallest absolute Gasteiger partial charge is 0.143 e. The molecule has 0 amide bonds. The Labute approximate surface area is 161 Å². The van der Waals surface area contributed by atoms with E-state index < -0.39 is 0 Å². The number of hydrogen-bond donors (Lipinski definition) is 0. The predicted octanol–water partition coefficient (Wildman–Crippen LogP) is 5.28. The summed E-state index contributed by atoms with van der Waals surface area (Å²) < 4.78 is 3.21. The van der Waals surface area contributed by atoms with Crippen molar-refractivity contribution in [2.75, 3.05) is 0 Å². The molecule has 0 aliphatic carbocycles. The van der Waals surface area contributed by atoms with Gasteiger partial charge < -0.3 is 9.40 Å². The lowest BCUT2D eigenvalue weighted by Gasteiger charge is -2.11. The van der Waals surface area contributed by atoms with Crippen LogP contribution in [0, 0.1) is 25.2 Å². The predicted molar refractivity (Wildman–Crippen MR) is 106 cm³/mol. The molecule has 26 heavy (non-hydrogen) atoms. The lowest BCUT2D eigenvalue weighted by Crippen LogP contribution is -2.00. The number of aryl methyl sites for hydroxylation is 1. The zero-order valence-corrected chi connectivity index (χ0v) is 16.2. The summed E-state index contributed by atoms with van der Waals surface area (Å²) in [6.07, 6.45) is 1.71. The molecule has 0 saturated heterocycles. The summed E-state index contributed by atoms with van der Waals surface area (Å²) in [6.45, 7) is 4.38. The van der Waals surface area contributed by atoms with Crippen molar-refractivity contribution >= 4 is 22.1 Å². The summed E-state index contributed by atoms with van der Waals surface area (Å²) in [5, 5.41) is 13.2. The van der Waals surface area contributed by atoms with E-state index in [4.69, 9.17) is 10.1 Å². The van der Waals surface area contributed by atoms with E-state index in [9.17, 15) is 0 Å². The molecule has 5 heteroatoms. The van der Waals surface area contributed by atoms with Gasteiger partial charge in [-0.1, -0.05) is 35.5 Å². The third kappa shape index (κ3) is 3.71. The highest BCUT2D eigenvalue weighted by atomic mass is 79.9. The Balaban J connectivity index is 1.77. The van der Waals surface area contributed by atoms with Crippen LogP contribution >= 0.6 is 15.9 Å². The van der Waals surface area contributed by atoms with E-state index in [0.29, 0.717) is 5.56 Å². The molecule has 130 valence electrons. The highest BCUT2D eigenvalue weighted by Crippen LogP contribution is 2.26. The molecular weight excluding hydrogens is 390 g/mol. The summed E-state index contributed by atoms with van der Waals surface area (Å²) in [6, 6.07) is 19.7. The summed E-state index contributed by atoms with van der Waals surface area (Å²) in [5.41, 5.74) is 5.71. The van der Waals surface area contributed by atoms with Crippen molar-refractivity contribution in [2.45, 2.75) is 20.5 Å². The minimum absolute atomic E-state index is 0.267. The number of hydrogen-bond acceptors (Lipinski definition) is 3. The number of para-hydroxylation sites is 1. The maximum Gasteiger partial charge on any atom is 0.143 e. The molecule has 0 bridgehead atoms. The molecule has 2 aromatic carbocycles. The first-order chi connectivity index (χ1) is 12.6. The molecule has 0 aliphatic rings. The molecule has 0 fully saturated rings. The molecular formula is C21H18BrN3O. The van der Waals surface area contributed by atoms with Crippen molar-refractivity contribution in [2.24, 2.45) is 5.16 Å². The van der Waals surface area contributed by atoms with Crippen LogP contribution in [0.15, 0.2) is 64.2 Å². The van der Waals surface area contributed by atoms with Gasteiger partial charge >= 0.3 is 0 Å². The minimum atomic E-state index is 0.267. The van der Waals surface area contributed by atoms with Crippen LogP contribution in [-0.4, -0.2) is 10.8 Å². The number of oxime groups is 1. The van der Waals surface area contributed by atoms with Gasteiger partial charge in [0.15, 0.2) is 0 Å². The van der Waals surface area contributed by atoms with Crippen molar-refractivity contribution in [3.05, 3.63) is 87.1 Å². The molecule has 0 spiro atoms. The van der Waals surface area contributed by atoms with E-state index in [1.165, 1.54) is 0 Å². The number of halogens is 1. The van der Waals surface area contributed by atoms with Crippen molar-refractivity contribution < 1.29 is 4.84 Å². The first-order valence-corrected chi connectivity index (χ1v) is 8.98. The topological polar surface area (TPSA) is 50.3 Å². The third-order valence-electron chi connectivity index (χ3n) is 4.19. The van der Waals surface area contributed by atoms with Gasteiger partial charge in [0.1, 0.15) is 6.61 Å². The van der Waals surface area contributed by atoms with Crippen LogP contribution in [0.1, 0.15) is 28.1 Å². The van der Waals surface area contributed by atoms with Gasteiger partial charge in [-0.15, -0.1) is 0 Å². The fraction of sp³-hybridized carbons (Fsp3) is 0.143. The maximum atomic E-state index is 9.10. The molecule has 0 N–H and O–H groups in total. The normalized spacial score (nSPS) is 10.8.